The molecule has 0 saturated heterocycles. The highest BCUT2D eigenvalue weighted by Crippen LogP contribution is 2.13. The molecule has 26 heavy (non-hydrogen) atoms. The van der Waals surface area contributed by atoms with Crippen LogP contribution in [-0.2, 0) is 14.3 Å². The van der Waals surface area contributed by atoms with E-state index in [2.05, 4.69) is 6.92 Å². The Morgan fingerprint density at radius 3 is 1.77 bits per heavy atom. The molecular formula is C22H42O3S. The number of hydrogen-bond acceptors (Lipinski definition) is 4. The van der Waals surface area contributed by atoms with Gasteiger partial charge in [-0.2, -0.15) is 11.8 Å². The van der Waals surface area contributed by atoms with E-state index in [-0.39, 0.29) is 5.97 Å². The zero-order valence-corrected chi connectivity index (χ0v) is 18.0. The van der Waals surface area contributed by atoms with Gasteiger partial charge < -0.3 is 9.53 Å². The van der Waals surface area contributed by atoms with Crippen LogP contribution >= 0.6 is 11.8 Å². The van der Waals surface area contributed by atoms with Crippen molar-refractivity contribution in [2.24, 2.45) is 0 Å². The average molecular weight is 387 g/mol. The lowest BCUT2D eigenvalue weighted by molar-refractivity contribution is -0.143. The molecule has 0 aliphatic carbocycles. The van der Waals surface area contributed by atoms with Crippen LogP contribution in [0, 0.1) is 0 Å². The molecule has 3 nitrogen and oxygen atoms in total. The molecule has 0 aromatic carbocycles. The highest BCUT2D eigenvalue weighted by molar-refractivity contribution is 7.99. The first kappa shape index (κ1) is 25.5. The Bertz CT molecular complexity index is 308. The van der Waals surface area contributed by atoms with Crippen LogP contribution in [0.3, 0.4) is 0 Å². The molecule has 0 saturated carbocycles. The lowest BCUT2D eigenvalue weighted by Gasteiger charge is -2.05. The van der Waals surface area contributed by atoms with Gasteiger partial charge in [0.25, 0.3) is 0 Å². The Hall–Kier alpha value is -0.510. The number of ether oxygens (including phenoxy) is 1. The fraction of sp³-hybridized carbons (Fsp3) is 0.909. The molecule has 0 aromatic rings. The molecule has 0 atom stereocenters. The number of unbranched alkanes of at least 4 members (excludes halogenated alkanes) is 13. The second-order valence-electron chi connectivity index (χ2n) is 7.13. The van der Waals surface area contributed by atoms with Gasteiger partial charge in [0.2, 0.25) is 0 Å². The van der Waals surface area contributed by atoms with E-state index in [4.69, 9.17) is 4.74 Å². The van der Waals surface area contributed by atoms with Crippen molar-refractivity contribution >= 4 is 24.0 Å². The van der Waals surface area contributed by atoms with Gasteiger partial charge in [-0.1, -0.05) is 90.4 Å². The predicted molar refractivity (Wildman–Crippen MR) is 114 cm³/mol. The maximum absolute atomic E-state index is 11.5. The Morgan fingerprint density at radius 2 is 1.27 bits per heavy atom. The molecule has 0 heterocycles. The van der Waals surface area contributed by atoms with Crippen molar-refractivity contribution in [3.05, 3.63) is 0 Å². The number of aldehydes is 1. The third-order valence-electron chi connectivity index (χ3n) is 4.59. The molecular weight excluding hydrogens is 344 g/mol. The Morgan fingerprint density at radius 1 is 0.769 bits per heavy atom. The van der Waals surface area contributed by atoms with Gasteiger partial charge in [-0.15, -0.1) is 0 Å². The summed E-state index contributed by atoms with van der Waals surface area (Å²) in [5.74, 6) is 1.46. The van der Waals surface area contributed by atoms with Crippen molar-refractivity contribution in [2.45, 2.75) is 110 Å². The topological polar surface area (TPSA) is 43.4 Å². The standard InChI is InChI=1S/C22H42O3S/c1-2-3-4-5-6-7-8-9-10-11-12-13-14-15-19-25-22(24)17-21-26-20-16-18-23/h18H,2-17,19-21H2,1H3. The Kier molecular flexibility index (Phi) is 22.1. The van der Waals surface area contributed by atoms with Gasteiger partial charge in [-0.25, -0.2) is 0 Å². The van der Waals surface area contributed by atoms with E-state index in [1.807, 2.05) is 0 Å². The minimum absolute atomic E-state index is 0.0988. The van der Waals surface area contributed by atoms with Crippen molar-refractivity contribution < 1.29 is 14.3 Å². The Labute approximate surface area is 166 Å². The minimum atomic E-state index is -0.0988. The quantitative estimate of drug-likeness (QED) is 0.125. The summed E-state index contributed by atoms with van der Waals surface area (Å²) in [6.07, 6.45) is 20.7. The van der Waals surface area contributed by atoms with Crippen LogP contribution in [0.5, 0.6) is 0 Å². The molecule has 154 valence electrons. The molecule has 0 bridgehead atoms. The maximum atomic E-state index is 11.5. The molecule has 0 radical (unpaired) electrons. The fourth-order valence-electron chi connectivity index (χ4n) is 2.94. The number of rotatable bonds is 21. The van der Waals surface area contributed by atoms with Gasteiger partial charge in [0.15, 0.2) is 0 Å². The van der Waals surface area contributed by atoms with E-state index < -0.39 is 0 Å². The van der Waals surface area contributed by atoms with E-state index in [1.54, 1.807) is 11.8 Å². The SMILES string of the molecule is CCCCCCCCCCCCCCCCOC(=O)CCSCCC=O. The first-order valence-electron chi connectivity index (χ1n) is 11.0. The van der Waals surface area contributed by atoms with Crippen LogP contribution in [-0.4, -0.2) is 30.4 Å². The predicted octanol–water partition coefficient (Wildman–Crippen LogP) is 6.72. The first-order chi connectivity index (χ1) is 12.8. The van der Waals surface area contributed by atoms with Crippen molar-refractivity contribution in [3.63, 3.8) is 0 Å². The summed E-state index contributed by atoms with van der Waals surface area (Å²) in [7, 11) is 0. The van der Waals surface area contributed by atoms with Gasteiger partial charge >= 0.3 is 5.97 Å². The third kappa shape index (κ3) is 21.5. The van der Waals surface area contributed by atoms with Crippen LogP contribution in [0.2, 0.25) is 0 Å². The zero-order chi connectivity index (χ0) is 19.1. The summed E-state index contributed by atoms with van der Waals surface area (Å²) >= 11 is 1.64. The van der Waals surface area contributed by atoms with E-state index in [0.717, 1.165) is 24.2 Å². The summed E-state index contributed by atoms with van der Waals surface area (Å²) in [6, 6.07) is 0. The van der Waals surface area contributed by atoms with E-state index in [1.165, 1.54) is 83.5 Å². The molecule has 4 heteroatoms. The molecule has 0 aliphatic rings. The fourth-order valence-corrected chi connectivity index (χ4v) is 3.72. The van der Waals surface area contributed by atoms with Crippen LogP contribution < -0.4 is 0 Å². The smallest absolute Gasteiger partial charge is 0.306 e. The monoisotopic (exact) mass is 386 g/mol. The molecule has 0 spiro atoms. The number of carbonyl (C=O) groups excluding carboxylic acids is 2. The average Bonchev–Trinajstić information content (AvgIpc) is 2.64. The number of hydrogen-bond donors (Lipinski definition) is 0. The number of esters is 1. The summed E-state index contributed by atoms with van der Waals surface area (Å²) in [4.78, 5) is 21.7. The molecule has 0 amide bonds. The van der Waals surface area contributed by atoms with Crippen molar-refractivity contribution in [3.8, 4) is 0 Å². The zero-order valence-electron chi connectivity index (χ0n) is 17.1. The highest BCUT2D eigenvalue weighted by Gasteiger charge is 2.02. The molecule has 0 rings (SSSR count). The second-order valence-corrected chi connectivity index (χ2v) is 8.36. The van der Waals surface area contributed by atoms with Crippen molar-refractivity contribution in [1.29, 1.82) is 0 Å². The maximum Gasteiger partial charge on any atom is 0.306 e. The van der Waals surface area contributed by atoms with Gasteiger partial charge in [-0.05, 0) is 12.2 Å². The van der Waals surface area contributed by atoms with Crippen LogP contribution in [0.15, 0.2) is 0 Å². The largest absolute Gasteiger partial charge is 0.466 e. The van der Waals surface area contributed by atoms with E-state index in [9.17, 15) is 9.59 Å². The van der Waals surface area contributed by atoms with Crippen molar-refractivity contribution in [1.82, 2.24) is 0 Å². The third-order valence-corrected chi connectivity index (χ3v) is 5.61. The minimum Gasteiger partial charge on any atom is -0.466 e. The lowest BCUT2D eigenvalue weighted by atomic mass is 10.0. The van der Waals surface area contributed by atoms with E-state index >= 15 is 0 Å². The van der Waals surface area contributed by atoms with E-state index in [0.29, 0.717) is 19.4 Å². The Balaban J connectivity index is 3.10. The summed E-state index contributed by atoms with van der Waals surface area (Å²) in [6.45, 7) is 2.84. The second kappa shape index (κ2) is 22.5. The normalized spacial score (nSPS) is 10.8. The summed E-state index contributed by atoms with van der Waals surface area (Å²) in [5.41, 5.74) is 0. The van der Waals surface area contributed by atoms with Gasteiger partial charge in [0.1, 0.15) is 6.29 Å². The molecule has 0 N–H and O–H groups in total. The van der Waals surface area contributed by atoms with Crippen LogP contribution in [0.4, 0.5) is 0 Å². The van der Waals surface area contributed by atoms with Crippen molar-refractivity contribution in [2.75, 3.05) is 18.1 Å². The molecule has 0 aromatic heterocycles. The van der Waals surface area contributed by atoms with Gasteiger partial charge in [0.05, 0.1) is 13.0 Å². The molecule has 0 fully saturated rings. The summed E-state index contributed by atoms with van der Waals surface area (Å²) < 4.78 is 5.23. The van der Waals surface area contributed by atoms with Crippen LogP contribution in [0.1, 0.15) is 110 Å². The first-order valence-corrected chi connectivity index (χ1v) is 12.1. The molecule has 0 unspecified atom stereocenters. The highest BCUT2D eigenvalue weighted by atomic mass is 32.2. The van der Waals surface area contributed by atoms with Gasteiger partial charge in [0, 0.05) is 12.2 Å². The number of thioether (sulfide) groups is 1. The summed E-state index contributed by atoms with van der Waals surface area (Å²) in [5, 5.41) is 0. The number of carbonyl (C=O) groups is 2. The van der Waals surface area contributed by atoms with Gasteiger partial charge in [-0.3, -0.25) is 4.79 Å². The lowest BCUT2D eigenvalue weighted by Crippen LogP contribution is -2.07. The molecule has 0 aliphatic heterocycles. The van der Waals surface area contributed by atoms with Crippen LogP contribution in [0.25, 0.3) is 0 Å².